The molecule has 0 saturated heterocycles. The van der Waals surface area contributed by atoms with Gasteiger partial charge in [0.25, 0.3) is 5.91 Å². The molecule has 0 aliphatic carbocycles. The predicted molar refractivity (Wildman–Crippen MR) is 139 cm³/mol. The zero-order chi connectivity index (χ0) is 24.7. The zero-order valence-electron chi connectivity index (χ0n) is 18.2. The smallest absolute Gasteiger partial charge is 0.275 e. The van der Waals surface area contributed by atoms with Gasteiger partial charge in [-0.15, -0.1) is 0 Å². The third-order valence-corrected chi connectivity index (χ3v) is 6.00. The molecular formula is C24H20BrCl3N2O4. The van der Waals surface area contributed by atoms with Crippen LogP contribution in [0.5, 0.6) is 17.2 Å². The largest absolute Gasteiger partial charge is 0.496 e. The van der Waals surface area contributed by atoms with Crippen LogP contribution in [0.4, 0.5) is 0 Å². The molecule has 0 bridgehead atoms. The van der Waals surface area contributed by atoms with Crippen LogP contribution in [0.25, 0.3) is 0 Å². The molecule has 3 aromatic rings. The highest BCUT2D eigenvalue weighted by Gasteiger charge is 2.14. The fourth-order valence-corrected chi connectivity index (χ4v) is 3.89. The van der Waals surface area contributed by atoms with Crippen molar-refractivity contribution < 1.29 is 19.0 Å². The van der Waals surface area contributed by atoms with Crippen molar-refractivity contribution in [1.82, 2.24) is 5.43 Å². The summed E-state index contributed by atoms with van der Waals surface area (Å²) in [7, 11) is 1.49. The Hall–Kier alpha value is -2.45. The van der Waals surface area contributed by atoms with Gasteiger partial charge in [-0.05, 0) is 60.5 Å². The Morgan fingerprint density at radius 3 is 2.50 bits per heavy atom. The van der Waals surface area contributed by atoms with Crippen LogP contribution in [0.2, 0.25) is 15.1 Å². The van der Waals surface area contributed by atoms with Gasteiger partial charge in [0.15, 0.2) is 11.5 Å². The SMILES string of the molecule is CCOc1cc(/C=N\NC(=O)c2cc(Br)ccc2OC)cc(Cl)c1OCc1ccc(Cl)c(Cl)c1. The second-order valence-corrected chi connectivity index (χ2v) is 8.98. The van der Waals surface area contributed by atoms with E-state index in [1.54, 1.807) is 42.5 Å². The van der Waals surface area contributed by atoms with Crippen LogP contribution in [0.1, 0.15) is 28.4 Å². The molecule has 0 unspecified atom stereocenters. The molecule has 0 atom stereocenters. The topological polar surface area (TPSA) is 69.2 Å². The summed E-state index contributed by atoms with van der Waals surface area (Å²) in [5.74, 6) is 0.833. The van der Waals surface area contributed by atoms with Gasteiger partial charge in [-0.2, -0.15) is 5.10 Å². The van der Waals surface area contributed by atoms with Crippen LogP contribution in [0.3, 0.4) is 0 Å². The Morgan fingerprint density at radius 2 is 1.79 bits per heavy atom. The monoisotopic (exact) mass is 584 g/mol. The van der Waals surface area contributed by atoms with E-state index in [0.29, 0.717) is 50.1 Å². The number of nitrogens with one attached hydrogen (secondary N) is 1. The van der Waals surface area contributed by atoms with Crippen molar-refractivity contribution >= 4 is 62.9 Å². The van der Waals surface area contributed by atoms with Crippen LogP contribution >= 0.6 is 50.7 Å². The van der Waals surface area contributed by atoms with Crippen molar-refractivity contribution in [2.75, 3.05) is 13.7 Å². The number of halogens is 4. The van der Waals surface area contributed by atoms with Crippen molar-refractivity contribution in [2.24, 2.45) is 5.10 Å². The number of carbonyl (C=O) groups excluding carboxylic acids is 1. The number of rotatable bonds is 9. The van der Waals surface area contributed by atoms with Gasteiger partial charge in [0.2, 0.25) is 0 Å². The molecule has 0 heterocycles. The van der Waals surface area contributed by atoms with Crippen LogP contribution in [-0.4, -0.2) is 25.8 Å². The maximum Gasteiger partial charge on any atom is 0.275 e. The number of nitrogens with zero attached hydrogens (tertiary/aromatic N) is 1. The van der Waals surface area contributed by atoms with E-state index in [0.717, 1.165) is 10.0 Å². The molecule has 0 aliphatic heterocycles. The molecule has 0 radical (unpaired) electrons. The van der Waals surface area contributed by atoms with Crippen LogP contribution < -0.4 is 19.6 Å². The summed E-state index contributed by atoms with van der Waals surface area (Å²) < 4.78 is 17.6. The molecule has 3 aromatic carbocycles. The van der Waals surface area contributed by atoms with Crippen molar-refractivity contribution in [3.8, 4) is 17.2 Å². The predicted octanol–water partition coefficient (Wildman–Crippen LogP) is 7.16. The first-order valence-electron chi connectivity index (χ1n) is 10.0. The lowest BCUT2D eigenvalue weighted by Gasteiger charge is -2.14. The maximum atomic E-state index is 12.5. The fourth-order valence-electron chi connectivity index (χ4n) is 2.93. The second-order valence-electron chi connectivity index (χ2n) is 6.84. The van der Waals surface area contributed by atoms with Crippen LogP contribution in [0.15, 0.2) is 58.1 Å². The highest BCUT2D eigenvalue weighted by molar-refractivity contribution is 9.10. The van der Waals surface area contributed by atoms with Crippen LogP contribution in [0, 0.1) is 0 Å². The molecular weight excluding hydrogens is 567 g/mol. The van der Waals surface area contributed by atoms with E-state index < -0.39 is 5.91 Å². The quantitative estimate of drug-likeness (QED) is 0.213. The molecule has 0 fully saturated rings. The van der Waals surface area contributed by atoms with Crippen molar-refractivity contribution in [3.05, 3.63) is 84.8 Å². The number of hydrogen-bond donors (Lipinski definition) is 1. The summed E-state index contributed by atoms with van der Waals surface area (Å²) in [6, 6.07) is 13.7. The van der Waals surface area contributed by atoms with Gasteiger partial charge in [0.05, 0.1) is 40.6 Å². The number of hydrogen-bond acceptors (Lipinski definition) is 5. The van der Waals surface area contributed by atoms with Gasteiger partial charge in [0.1, 0.15) is 12.4 Å². The van der Waals surface area contributed by atoms with E-state index in [9.17, 15) is 4.79 Å². The average molecular weight is 587 g/mol. The highest BCUT2D eigenvalue weighted by atomic mass is 79.9. The molecule has 0 saturated carbocycles. The minimum atomic E-state index is -0.424. The number of hydrazone groups is 1. The Bertz CT molecular complexity index is 1220. The van der Waals surface area contributed by atoms with E-state index in [4.69, 9.17) is 49.0 Å². The summed E-state index contributed by atoms with van der Waals surface area (Å²) in [4.78, 5) is 12.5. The van der Waals surface area contributed by atoms with E-state index in [1.165, 1.54) is 13.3 Å². The van der Waals surface area contributed by atoms with E-state index in [-0.39, 0.29) is 6.61 Å². The van der Waals surface area contributed by atoms with Gasteiger partial charge in [0, 0.05) is 4.47 Å². The Morgan fingerprint density at radius 1 is 1.00 bits per heavy atom. The third kappa shape index (κ3) is 6.79. The minimum absolute atomic E-state index is 0.217. The van der Waals surface area contributed by atoms with E-state index >= 15 is 0 Å². The van der Waals surface area contributed by atoms with E-state index in [2.05, 4.69) is 26.5 Å². The highest BCUT2D eigenvalue weighted by Crippen LogP contribution is 2.37. The molecule has 0 spiro atoms. The number of carbonyl (C=O) groups is 1. The lowest BCUT2D eigenvalue weighted by atomic mass is 10.2. The summed E-state index contributed by atoms with van der Waals surface area (Å²) in [5.41, 5.74) is 4.26. The first-order valence-corrected chi connectivity index (χ1v) is 11.9. The number of amides is 1. The molecule has 34 heavy (non-hydrogen) atoms. The number of methoxy groups -OCH3 is 1. The summed E-state index contributed by atoms with van der Waals surface area (Å²) in [5, 5.41) is 5.26. The summed E-state index contributed by atoms with van der Waals surface area (Å²) in [6.45, 7) is 2.47. The third-order valence-electron chi connectivity index (χ3n) is 4.48. The summed E-state index contributed by atoms with van der Waals surface area (Å²) >= 11 is 21.8. The lowest BCUT2D eigenvalue weighted by Crippen LogP contribution is -2.18. The normalized spacial score (nSPS) is 10.9. The fraction of sp³-hybridized carbons (Fsp3) is 0.167. The zero-order valence-corrected chi connectivity index (χ0v) is 22.1. The number of benzene rings is 3. The minimum Gasteiger partial charge on any atom is -0.496 e. The van der Waals surface area contributed by atoms with Gasteiger partial charge in [-0.25, -0.2) is 5.43 Å². The molecule has 1 amide bonds. The molecule has 0 aliphatic rings. The molecule has 0 aromatic heterocycles. The summed E-state index contributed by atoms with van der Waals surface area (Å²) in [6.07, 6.45) is 1.46. The maximum absolute atomic E-state index is 12.5. The second kappa shape index (κ2) is 12.3. The number of ether oxygens (including phenoxy) is 3. The Kier molecular flexibility index (Phi) is 9.47. The Balaban J connectivity index is 1.75. The van der Waals surface area contributed by atoms with Gasteiger partial charge in [-0.1, -0.05) is 56.8 Å². The van der Waals surface area contributed by atoms with E-state index in [1.807, 2.05) is 13.0 Å². The van der Waals surface area contributed by atoms with Crippen molar-refractivity contribution in [1.29, 1.82) is 0 Å². The Labute approximate surface area is 220 Å². The van der Waals surface area contributed by atoms with Crippen molar-refractivity contribution in [3.63, 3.8) is 0 Å². The standard InChI is InChI=1S/C24H20BrCl3N2O4/c1-3-33-22-10-15(12-29-30-24(31)17-11-16(25)5-7-21(17)32-2)9-20(28)23(22)34-13-14-4-6-18(26)19(27)8-14/h4-12H,3,13H2,1-2H3,(H,30,31)/b29-12-. The first-order chi connectivity index (χ1) is 16.3. The average Bonchev–Trinajstić information content (AvgIpc) is 2.81. The van der Waals surface area contributed by atoms with Crippen molar-refractivity contribution in [2.45, 2.75) is 13.5 Å². The van der Waals surface area contributed by atoms with Gasteiger partial charge < -0.3 is 14.2 Å². The van der Waals surface area contributed by atoms with Gasteiger partial charge in [-0.3, -0.25) is 4.79 Å². The van der Waals surface area contributed by atoms with Gasteiger partial charge >= 0.3 is 0 Å². The molecule has 178 valence electrons. The molecule has 3 rings (SSSR count). The molecule has 6 nitrogen and oxygen atoms in total. The first kappa shape index (κ1) is 26.2. The van der Waals surface area contributed by atoms with Crippen LogP contribution in [-0.2, 0) is 6.61 Å². The lowest BCUT2D eigenvalue weighted by molar-refractivity contribution is 0.0952. The molecule has 10 heteroatoms. The molecule has 1 N–H and O–H groups in total.